The lowest BCUT2D eigenvalue weighted by molar-refractivity contribution is 0.102. The first-order valence-electron chi connectivity index (χ1n) is 6.77. The fraction of sp³-hybridized carbons (Fsp3) is 0.0667. The van der Waals surface area contributed by atoms with Crippen LogP contribution in [0.4, 0.5) is 5.69 Å². The van der Waals surface area contributed by atoms with Crippen LogP contribution in [0, 0.1) is 0 Å². The molecular weight excluding hydrogens is 369 g/mol. The van der Waals surface area contributed by atoms with Gasteiger partial charge in [0.15, 0.2) is 0 Å². The number of amides is 1. The number of hydrogen-bond acceptors (Lipinski definition) is 5. The number of anilines is 1. The van der Waals surface area contributed by atoms with E-state index in [0.29, 0.717) is 26.5 Å². The van der Waals surface area contributed by atoms with Crippen LogP contribution in [0.5, 0.6) is 0 Å². The maximum atomic E-state index is 12.3. The highest BCUT2D eigenvalue weighted by molar-refractivity contribution is 7.98. The van der Waals surface area contributed by atoms with Crippen LogP contribution in [0.1, 0.15) is 10.4 Å². The molecule has 0 fully saturated rings. The van der Waals surface area contributed by atoms with E-state index in [1.807, 2.05) is 18.4 Å². The quantitative estimate of drug-likeness (QED) is 0.694. The summed E-state index contributed by atoms with van der Waals surface area (Å²) in [5, 5.41) is 15.7. The van der Waals surface area contributed by atoms with E-state index >= 15 is 0 Å². The summed E-state index contributed by atoms with van der Waals surface area (Å²) < 4.78 is 1.60. The van der Waals surface area contributed by atoms with Gasteiger partial charge in [-0.05, 0) is 53.1 Å². The number of benzene rings is 2. The first-order valence-corrected chi connectivity index (χ1v) is 8.76. The minimum absolute atomic E-state index is 0.285. The molecule has 0 unspecified atom stereocenters. The number of aromatic nitrogens is 4. The lowest BCUT2D eigenvalue weighted by Crippen LogP contribution is -2.12. The Morgan fingerprint density at radius 2 is 2.00 bits per heavy atom. The van der Waals surface area contributed by atoms with Gasteiger partial charge in [0.2, 0.25) is 5.16 Å². The van der Waals surface area contributed by atoms with E-state index in [0.717, 1.165) is 5.69 Å². The Morgan fingerprint density at radius 3 is 2.75 bits per heavy atom. The smallest absolute Gasteiger partial charge is 0.255 e. The zero-order chi connectivity index (χ0) is 17.1. The van der Waals surface area contributed by atoms with Gasteiger partial charge in [-0.25, -0.2) is 0 Å². The lowest BCUT2D eigenvalue weighted by Gasteiger charge is -2.08. The molecule has 0 saturated heterocycles. The highest BCUT2D eigenvalue weighted by Gasteiger charge is 2.11. The van der Waals surface area contributed by atoms with Gasteiger partial charge < -0.3 is 5.32 Å². The van der Waals surface area contributed by atoms with Gasteiger partial charge in [0.05, 0.1) is 15.7 Å². The van der Waals surface area contributed by atoms with Gasteiger partial charge >= 0.3 is 0 Å². The van der Waals surface area contributed by atoms with Crippen molar-refractivity contribution >= 4 is 46.6 Å². The zero-order valence-corrected chi connectivity index (χ0v) is 14.7. The van der Waals surface area contributed by atoms with Crippen molar-refractivity contribution in [3.8, 4) is 5.69 Å². The largest absolute Gasteiger partial charge is 0.322 e. The average Bonchev–Trinajstić information content (AvgIpc) is 3.06. The lowest BCUT2D eigenvalue weighted by atomic mass is 10.2. The third-order valence-electron chi connectivity index (χ3n) is 3.15. The van der Waals surface area contributed by atoms with Gasteiger partial charge in [-0.1, -0.05) is 41.0 Å². The first-order chi connectivity index (χ1) is 11.6. The Labute approximate surface area is 152 Å². The van der Waals surface area contributed by atoms with Gasteiger partial charge in [0.25, 0.3) is 5.91 Å². The normalized spacial score (nSPS) is 10.6. The van der Waals surface area contributed by atoms with Crippen molar-refractivity contribution in [2.75, 3.05) is 11.6 Å². The number of carbonyl (C=O) groups is 1. The van der Waals surface area contributed by atoms with Crippen molar-refractivity contribution in [1.82, 2.24) is 20.2 Å². The molecule has 2 aromatic carbocycles. The summed E-state index contributed by atoms with van der Waals surface area (Å²) in [5.41, 5.74) is 1.78. The number of nitrogens with one attached hydrogen (secondary N) is 1. The van der Waals surface area contributed by atoms with Crippen molar-refractivity contribution < 1.29 is 4.79 Å². The van der Waals surface area contributed by atoms with E-state index in [-0.39, 0.29) is 5.91 Å². The number of hydrogen-bond donors (Lipinski definition) is 1. The van der Waals surface area contributed by atoms with Crippen LogP contribution in [-0.4, -0.2) is 32.4 Å². The second-order valence-corrected chi connectivity index (χ2v) is 6.30. The zero-order valence-electron chi connectivity index (χ0n) is 12.4. The Kier molecular flexibility index (Phi) is 5.03. The number of rotatable bonds is 4. The molecule has 1 aromatic heterocycles. The highest BCUT2D eigenvalue weighted by Crippen LogP contribution is 2.24. The van der Waals surface area contributed by atoms with Crippen LogP contribution in [0.15, 0.2) is 47.6 Å². The summed E-state index contributed by atoms with van der Waals surface area (Å²) in [5.74, 6) is -0.285. The molecule has 3 aromatic rings. The Bertz CT molecular complexity index is 899. The molecule has 3 rings (SSSR count). The molecule has 122 valence electrons. The highest BCUT2D eigenvalue weighted by atomic mass is 35.5. The average molecular weight is 380 g/mol. The summed E-state index contributed by atoms with van der Waals surface area (Å²) in [7, 11) is 0. The molecule has 1 N–H and O–H groups in total. The van der Waals surface area contributed by atoms with E-state index < -0.39 is 0 Å². The SMILES string of the molecule is CSc1nnnn1-c1cccc(NC(=O)c2ccc(Cl)c(Cl)c2)c1. The molecule has 0 spiro atoms. The third kappa shape index (κ3) is 3.53. The molecule has 6 nitrogen and oxygen atoms in total. The van der Waals surface area contributed by atoms with Crippen LogP contribution in [-0.2, 0) is 0 Å². The maximum Gasteiger partial charge on any atom is 0.255 e. The molecule has 24 heavy (non-hydrogen) atoms. The Hall–Kier alpha value is -2.09. The number of nitrogens with zero attached hydrogens (tertiary/aromatic N) is 4. The van der Waals surface area contributed by atoms with Crippen LogP contribution in [0.3, 0.4) is 0 Å². The fourth-order valence-electron chi connectivity index (χ4n) is 2.02. The monoisotopic (exact) mass is 379 g/mol. The minimum Gasteiger partial charge on any atom is -0.322 e. The number of halogens is 2. The third-order valence-corrected chi connectivity index (χ3v) is 4.51. The summed E-state index contributed by atoms with van der Waals surface area (Å²) >= 11 is 13.2. The molecule has 0 radical (unpaired) electrons. The van der Waals surface area contributed by atoms with E-state index in [1.165, 1.54) is 17.8 Å². The Morgan fingerprint density at radius 1 is 1.17 bits per heavy atom. The number of carbonyl (C=O) groups excluding carboxylic acids is 1. The fourth-order valence-corrected chi connectivity index (χ4v) is 2.76. The molecular formula is C15H11Cl2N5OS. The predicted octanol–water partition coefficient (Wildman–Crippen LogP) is 3.94. The van der Waals surface area contributed by atoms with E-state index in [2.05, 4.69) is 20.8 Å². The van der Waals surface area contributed by atoms with E-state index in [4.69, 9.17) is 23.2 Å². The van der Waals surface area contributed by atoms with Crippen LogP contribution < -0.4 is 5.32 Å². The summed E-state index contributed by atoms with van der Waals surface area (Å²) in [4.78, 5) is 12.3. The molecule has 9 heteroatoms. The summed E-state index contributed by atoms with van der Waals surface area (Å²) in [6.45, 7) is 0. The molecule has 0 aliphatic carbocycles. The molecule has 0 bridgehead atoms. The van der Waals surface area contributed by atoms with E-state index in [1.54, 1.807) is 28.9 Å². The van der Waals surface area contributed by atoms with Crippen LogP contribution >= 0.6 is 35.0 Å². The minimum atomic E-state index is -0.285. The maximum absolute atomic E-state index is 12.3. The van der Waals surface area contributed by atoms with Crippen molar-refractivity contribution in [3.63, 3.8) is 0 Å². The van der Waals surface area contributed by atoms with Gasteiger partial charge in [-0.2, -0.15) is 4.68 Å². The van der Waals surface area contributed by atoms with E-state index in [9.17, 15) is 4.79 Å². The molecule has 1 heterocycles. The second kappa shape index (κ2) is 7.21. The van der Waals surface area contributed by atoms with Gasteiger partial charge in [0, 0.05) is 11.3 Å². The Balaban J connectivity index is 1.84. The second-order valence-electron chi connectivity index (χ2n) is 4.71. The van der Waals surface area contributed by atoms with Gasteiger partial charge in [-0.15, -0.1) is 5.10 Å². The topological polar surface area (TPSA) is 72.7 Å². The number of tetrazole rings is 1. The molecule has 0 aliphatic rings. The van der Waals surface area contributed by atoms with Gasteiger partial charge in [-0.3, -0.25) is 4.79 Å². The van der Waals surface area contributed by atoms with Crippen molar-refractivity contribution in [2.45, 2.75) is 5.16 Å². The van der Waals surface area contributed by atoms with Gasteiger partial charge in [0.1, 0.15) is 0 Å². The molecule has 0 aliphatic heterocycles. The van der Waals surface area contributed by atoms with Crippen molar-refractivity contribution in [3.05, 3.63) is 58.1 Å². The summed E-state index contributed by atoms with van der Waals surface area (Å²) in [6.07, 6.45) is 1.89. The summed E-state index contributed by atoms with van der Waals surface area (Å²) in [6, 6.07) is 11.9. The van der Waals surface area contributed by atoms with Crippen molar-refractivity contribution in [2.24, 2.45) is 0 Å². The standard InChI is InChI=1S/C15H11Cl2N5OS/c1-24-15-19-20-21-22(15)11-4-2-3-10(8-11)18-14(23)9-5-6-12(16)13(17)7-9/h2-8H,1H3,(H,18,23). The van der Waals surface area contributed by atoms with Crippen LogP contribution in [0.25, 0.3) is 5.69 Å². The van der Waals surface area contributed by atoms with Crippen molar-refractivity contribution in [1.29, 1.82) is 0 Å². The first kappa shape index (κ1) is 16.8. The number of thioether (sulfide) groups is 1. The molecule has 0 atom stereocenters. The predicted molar refractivity (Wildman–Crippen MR) is 95.4 cm³/mol. The molecule has 1 amide bonds. The molecule has 0 saturated carbocycles. The van der Waals surface area contributed by atoms with Crippen LogP contribution in [0.2, 0.25) is 10.0 Å².